The van der Waals surface area contributed by atoms with Crippen molar-refractivity contribution in [3.63, 3.8) is 0 Å². The van der Waals surface area contributed by atoms with Gasteiger partial charge in [-0.1, -0.05) is 18.2 Å². The predicted octanol–water partition coefficient (Wildman–Crippen LogP) is 2.85. The standard InChI is InChI=1S/C24H22N6O4/c1-14-5-6-16(24(32)28-17-7-8-17)10-20(14)30-23(25)19(11-27-30)22(31)15-3-2-4-18(9-15)33-12-21-29-26-13-34-21/h2-6,9-11,13,17H,7-8,12,25H2,1H3,(H,28,32). The van der Waals surface area contributed by atoms with E-state index >= 15 is 0 Å². The Kier molecular flexibility index (Phi) is 5.54. The van der Waals surface area contributed by atoms with Crippen LogP contribution in [0.1, 0.15) is 50.6 Å². The average molecular weight is 458 g/mol. The van der Waals surface area contributed by atoms with Crippen LogP contribution in [0.3, 0.4) is 0 Å². The zero-order valence-electron chi connectivity index (χ0n) is 18.4. The van der Waals surface area contributed by atoms with Crippen molar-refractivity contribution in [3.05, 3.63) is 83.2 Å². The number of carbonyl (C=O) groups is 2. The van der Waals surface area contributed by atoms with Crippen molar-refractivity contribution in [2.75, 3.05) is 5.73 Å². The highest BCUT2D eigenvalue weighted by molar-refractivity contribution is 6.11. The van der Waals surface area contributed by atoms with E-state index in [4.69, 9.17) is 14.9 Å². The maximum absolute atomic E-state index is 13.2. The molecule has 10 nitrogen and oxygen atoms in total. The first kappa shape index (κ1) is 21.4. The van der Waals surface area contributed by atoms with Gasteiger partial charge in [0.15, 0.2) is 12.4 Å². The molecular formula is C24H22N6O4. The molecule has 34 heavy (non-hydrogen) atoms. The number of carbonyl (C=O) groups excluding carboxylic acids is 2. The van der Waals surface area contributed by atoms with Crippen molar-refractivity contribution < 1.29 is 18.7 Å². The second-order valence-electron chi connectivity index (χ2n) is 8.08. The van der Waals surface area contributed by atoms with Crippen molar-refractivity contribution in [2.45, 2.75) is 32.4 Å². The van der Waals surface area contributed by atoms with Crippen LogP contribution in [-0.2, 0) is 6.61 Å². The quantitative estimate of drug-likeness (QED) is 0.384. The molecule has 2 aromatic heterocycles. The van der Waals surface area contributed by atoms with Gasteiger partial charge in [-0.2, -0.15) is 5.10 Å². The summed E-state index contributed by atoms with van der Waals surface area (Å²) in [5, 5.41) is 14.7. The van der Waals surface area contributed by atoms with Gasteiger partial charge in [0.2, 0.25) is 6.39 Å². The first-order valence-corrected chi connectivity index (χ1v) is 10.8. The van der Waals surface area contributed by atoms with Gasteiger partial charge < -0.3 is 20.2 Å². The molecule has 1 amide bonds. The Morgan fingerprint density at radius 2 is 2.06 bits per heavy atom. The third kappa shape index (κ3) is 4.38. The number of aromatic nitrogens is 4. The number of rotatable bonds is 8. The van der Waals surface area contributed by atoms with E-state index in [0.717, 1.165) is 18.4 Å². The smallest absolute Gasteiger partial charge is 0.253 e. The number of nitrogens with zero attached hydrogens (tertiary/aromatic N) is 4. The lowest BCUT2D eigenvalue weighted by molar-refractivity contribution is 0.0950. The Morgan fingerprint density at radius 1 is 1.21 bits per heavy atom. The van der Waals surface area contributed by atoms with Crippen LogP contribution in [0.5, 0.6) is 5.75 Å². The number of ether oxygens (including phenoxy) is 1. The minimum absolute atomic E-state index is 0.0850. The topological polar surface area (TPSA) is 138 Å². The molecule has 4 aromatic rings. The van der Waals surface area contributed by atoms with E-state index in [1.165, 1.54) is 17.3 Å². The number of nitrogens with one attached hydrogen (secondary N) is 1. The monoisotopic (exact) mass is 458 g/mol. The van der Waals surface area contributed by atoms with Gasteiger partial charge in [-0.15, -0.1) is 10.2 Å². The van der Waals surface area contributed by atoms with Crippen LogP contribution < -0.4 is 15.8 Å². The summed E-state index contributed by atoms with van der Waals surface area (Å²) in [6.45, 7) is 1.98. The Balaban J connectivity index is 1.38. The van der Waals surface area contributed by atoms with Crippen LogP contribution in [0.2, 0.25) is 0 Å². The number of benzene rings is 2. The lowest BCUT2D eigenvalue weighted by Gasteiger charge is -2.11. The molecule has 1 fully saturated rings. The lowest BCUT2D eigenvalue weighted by atomic mass is 10.1. The summed E-state index contributed by atoms with van der Waals surface area (Å²) in [5.74, 6) is 0.548. The van der Waals surface area contributed by atoms with E-state index in [-0.39, 0.29) is 35.7 Å². The Morgan fingerprint density at radius 3 is 2.82 bits per heavy atom. The fourth-order valence-electron chi connectivity index (χ4n) is 3.49. The number of hydrogen-bond donors (Lipinski definition) is 2. The third-order valence-electron chi connectivity index (χ3n) is 5.53. The van der Waals surface area contributed by atoms with Gasteiger partial charge in [0.25, 0.3) is 11.8 Å². The van der Waals surface area contributed by atoms with Crippen LogP contribution in [0.4, 0.5) is 5.82 Å². The van der Waals surface area contributed by atoms with Crippen LogP contribution in [0, 0.1) is 6.92 Å². The fraction of sp³-hybridized carbons (Fsp3) is 0.208. The predicted molar refractivity (Wildman–Crippen MR) is 122 cm³/mol. The van der Waals surface area contributed by atoms with Gasteiger partial charge in [-0.05, 0) is 49.6 Å². The highest BCUT2D eigenvalue weighted by Gasteiger charge is 2.24. The normalized spacial score (nSPS) is 13.0. The van der Waals surface area contributed by atoms with Crippen molar-refractivity contribution in [1.29, 1.82) is 0 Å². The van der Waals surface area contributed by atoms with Gasteiger partial charge in [-0.3, -0.25) is 9.59 Å². The molecule has 172 valence electrons. The van der Waals surface area contributed by atoms with Gasteiger partial charge in [0, 0.05) is 17.2 Å². The number of aryl methyl sites for hydroxylation is 1. The molecule has 1 aliphatic rings. The summed E-state index contributed by atoms with van der Waals surface area (Å²) in [4.78, 5) is 25.7. The molecule has 0 unspecified atom stereocenters. The molecule has 0 bridgehead atoms. The molecule has 0 aliphatic heterocycles. The molecule has 10 heteroatoms. The third-order valence-corrected chi connectivity index (χ3v) is 5.53. The van der Waals surface area contributed by atoms with E-state index in [1.54, 1.807) is 36.4 Å². The number of nitrogen functional groups attached to an aromatic ring is 1. The molecule has 1 saturated carbocycles. The van der Waals surface area contributed by atoms with Crippen LogP contribution in [0.15, 0.2) is 59.5 Å². The van der Waals surface area contributed by atoms with Crippen molar-refractivity contribution in [3.8, 4) is 11.4 Å². The number of nitrogens with two attached hydrogens (primary N) is 1. The maximum atomic E-state index is 13.2. The van der Waals surface area contributed by atoms with Crippen molar-refractivity contribution in [1.82, 2.24) is 25.3 Å². The number of hydrogen-bond acceptors (Lipinski definition) is 8. The molecule has 3 N–H and O–H groups in total. The van der Waals surface area contributed by atoms with Gasteiger partial charge >= 0.3 is 0 Å². The Labute approximate surface area is 194 Å². The second kappa shape index (κ2) is 8.81. The maximum Gasteiger partial charge on any atom is 0.253 e. The van der Waals surface area contributed by atoms with Crippen molar-refractivity contribution >= 4 is 17.5 Å². The van der Waals surface area contributed by atoms with E-state index < -0.39 is 0 Å². The van der Waals surface area contributed by atoms with E-state index in [9.17, 15) is 9.59 Å². The Bertz CT molecular complexity index is 1360. The van der Waals surface area contributed by atoms with Crippen LogP contribution in [-0.4, -0.2) is 37.7 Å². The molecule has 0 saturated heterocycles. The molecule has 2 heterocycles. The minimum Gasteiger partial charge on any atom is -0.484 e. The van der Waals surface area contributed by atoms with Crippen LogP contribution in [0.25, 0.3) is 5.69 Å². The SMILES string of the molecule is Cc1ccc(C(=O)NC2CC2)cc1-n1ncc(C(=O)c2cccc(OCc3nnco3)c2)c1N. The van der Waals surface area contributed by atoms with Gasteiger partial charge in [0.1, 0.15) is 11.6 Å². The summed E-state index contributed by atoms with van der Waals surface area (Å²) >= 11 is 0. The first-order chi connectivity index (χ1) is 16.5. The highest BCUT2D eigenvalue weighted by Crippen LogP contribution is 2.25. The summed E-state index contributed by atoms with van der Waals surface area (Å²) in [5.41, 5.74) is 9.00. The first-order valence-electron chi connectivity index (χ1n) is 10.8. The average Bonchev–Trinajstić information content (AvgIpc) is 3.34. The zero-order valence-corrected chi connectivity index (χ0v) is 18.4. The number of amides is 1. The molecule has 5 rings (SSSR count). The fourth-order valence-corrected chi connectivity index (χ4v) is 3.49. The van der Waals surface area contributed by atoms with Gasteiger partial charge in [-0.25, -0.2) is 4.68 Å². The zero-order chi connectivity index (χ0) is 23.7. The summed E-state index contributed by atoms with van der Waals surface area (Å²) < 4.78 is 12.2. The van der Waals surface area contributed by atoms with E-state index in [1.807, 2.05) is 13.0 Å². The summed E-state index contributed by atoms with van der Waals surface area (Å²) in [6, 6.07) is 12.3. The molecule has 1 aliphatic carbocycles. The second-order valence-corrected chi connectivity index (χ2v) is 8.08. The van der Waals surface area contributed by atoms with E-state index in [0.29, 0.717) is 28.5 Å². The number of anilines is 1. The molecule has 2 aromatic carbocycles. The lowest BCUT2D eigenvalue weighted by Crippen LogP contribution is -2.25. The largest absolute Gasteiger partial charge is 0.484 e. The molecule has 0 spiro atoms. The number of ketones is 1. The Hall–Kier alpha value is -4.47. The summed E-state index contributed by atoms with van der Waals surface area (Å²) in [6.07, 6.45) is 4.66. The molecule has 0 atom stereocenters. The van der Waals surface area contributed by atoms with E-state index in [2.05, 4.69) is 20.6 Å². The highest BCUT2D eigenvalue weighted by atomic mass is 16.5. The van der Waals surface area contributed by atoms with Gasteiger partial charge in [0.05, 0.1) is 17.4 Å². The van der Waals surface area contributed by atoms with Crippen molar-refractivity contribution in [2.24, 2.45) is 0 Å². The summed E-state index contributed by atoms with van der Waals surface area (Å²) in [7, 11) is 0. The molecule has 0 radical (unpaired) electrons. The van der Waals surface area contributed by atoms with Crippen LogP contribution >= 0.6 is 0 Å². The minimum atomic E-state index is -0.299. The molecular weight excluding hydrogens is 436 g/mol.